The van der Waals surface area contributed by atoms with Crippen molar-refractivity contribution in [2.75, 3.05) is 33.4 Å². The molecule has 0 aliphatic heterocycles. The average Bonchev–Trinajstić information content (AvgIpc) is 2.68. The van der Waals surface area contributed by atoms with Crippen LogP contribution in [0.1, 0.15) is 12.1 Å². The van der Waals surface area contributed by atoms with Gasteiger partial charge >= 0.3 is 0 Å². The zero-order valence-corrected chi connectivity index (χ0v) is 10.2. The minimum Gasteiger partial charge on any atom is -0.383 e. The molecule has 0 aromatic carbocycles. The molecular formula is C11H22N4O. The predicted molar refractivity (Wildman–Crippen MR) is 64.3 cm³/mol. The molecule has 0 unspecified atom stereocenters. The number of nitrogens with zero attached hydrogens (tertiary/aromatic N) is 2. The van der Waals surface area contributed by atoms with E-state index in [4.69, 9.17) is 4.74 Å². The molecule has 1 aromatic heterocycles. The first-order chi connectivity index (χ1) is 7.83. The molecule has 2 N–H and O–H groups in total. The van der Waals surface area contributed by atoms with E-state index >= 15 is 0 Å². The van der Waals surface area contributed by atoms with Crippen LogP contribution in [0.5, 0.6) is 0 Å². The Kier molecular flexibility index (Phi) is 6.80. The highest BCUT2D eigenvalue weighted by atomic mass is 16.5. The largest absolute Gasteiger partial charge is 0.383 e. The molecule has 5 nitrogen and oxygen atoms in total. The van der Waals surface area contributed by atoms with Gasteiger partial charge in [-0.1, -0.05) is 0 Å². The van der Waals surface area contributed by atoms with E-state index in [9.17, 15) is 0 Å². The van der Waals surface area contributed by atoms with Crippen LogP contribution in [0.4, 0.5) is 0 Å². The Morgan fingerprint density at radius 2 is 2.12 bits per heavy atom. The molecule has 1 rings (SSSR count). The lowest BCUT2D eigenvalue weighted by molar-refractivity contribution is 0.199. The van der Waals surface area contributed by atoms with Crippen LogP contribution >= 0.6 is 0 Å². The first-order valence-electron chi connectivity index (χ1n) is 5.70. The Balaban J connectivity index is 1.88. The third-order valence-corrected chi connectivity index (χ3v) is 2.25. The van der Waals surface area contributed by atoms with E-state index in [0.29, 0.717) is 0 Å². The molecule has 5 heteroatoms. The lowest BCUT2D eigenvalue weighted by Gasteiger charge is -2.04. The number of imidazole rings is 1. The van der Waals surface area contributed by atoms with Crippen LogP contribution in [0.3, 0.4) is 0 Å². The number of methoxy groups -OCH3 is 1. The molecule has 0 saturated carbocycles. The maximum Gasteiger partial charge on any atom is 0.0947 e. The van der Waals surface area contributed by atoms with Crippen molar-refractivity contribution in [3.8, 4) is 0 Å². The number of hydrogen-bond donors (Lipinski definition) is 2. The van der Waals surface area contributed by atoms with Crippen LogP contribution in [0.25, 0.3) is 0 Å². The van der Waals surface area contributed by atoms with Gasteiger partial charge in [-0.05, 0) is 19.5 Å². The van der Waals surface area contributed by atoms with Crippen molar-refractivity contribution in [3.63, 3.8) is 0 Å². The highest BCUT2D eigenvalue weighted by Crippen LogP contribution is 1.92. The molecule has 92 valence electrons. The first-order valence-corrected chi connectivity index (χ1v) is 5.70. The van der Waals surface area contributed by atoms with Gasteiger partial charge in [0.2, 0.25) is 0 Å². The number of aromatic nitrogens is 2. The number of nitrogens with one attached hydrogen (secondary N) is 2. The normalized spacial score (nSPS) is 10.9. The van der Waals surface area contributed by atoms with E-state index in [-0.39, 0.29) is 0 Å². The SMILES string of the molecule is COCCNCCCNCc1cn(C)cn1. The summed E-state index contributed by atoms with van der Waals surface area (Å²) in [5.41, 5.74) is 1.09. The highest BCUT2D eigenvalue weighted by molar-refractivity contribution is 4.95. The van der Waals surface area contributed by atoms with Crippen LogP contribution in [0.15, 0.2) is 12.5 Å². The quantitative estimate of drug-likeness (QED) is 0.588. The predicted octanol–water partition coefficient (Wildman–Crippen LogP) is 0.136. The Labute approximate surface area is 97.2 Å². The molecule has 0 spiro atoms. The van der Waals surface area contributed by atoms with Gasteiger partial charge in [-0.25, -0.2) is 4.98 Å². The number of rotatable bonds is 9. The Morgan fingerprint density at radius 3 is 2.81 bits per heavy atom. The van der Waals surface area contributed by atoms with Crippen molar-refractivity contribution in [1.82, 2.24) is 20.2 Å². The summed E-state index contributed by atoms with van der Waals surface area (Å²) < 4.78 is 6.90. The number of hydrogen-bond acceptors (Lipinski definition) is 4. The highest BCUT2D eigenvalue weighted by Gasteiger charge is 1.95. The molecule has 1 heterocycles. The Bertz CT molecular complexity index is 275. The monoisotopic (exact) mass is 226 g/mol. The molecule has 0 aliphatic rings. The van der Waals surface area contributed by atoms with Gasteiger partial charge in [0.25, 0.3) is 0 Å². The van der Waals surface area contributed by atoms with E-state index in [0.717, 1.165) is 44.9 Å². The van der Waals surface area contributed by atoms with Crippen molar-refractivity contribution >= 4 is 0 Å². The number of ether oxygens (including phenoxy) is 1. The fourth-order valence-corrected chi connectivity index (χ4v) is 1.41. The summed E-state index contributed by atoms with van der Waals surface area (Å²) in [5, 5.41) is 6.66. The molecule has 16 heavy (non-hydrogen) atoms. The molecule has 0 radical (unpaired) electrons. The van der Waals surface area contributed by atoms with Crippen molar-refractivity contribution in [2.45, 2.75) is 13.0 Å². The molecule has 0 aliphatic carbocycles. The average molecular weight is 226 g/mol. The molecule has 0 amide bonds. The van der Waals surface area contributed by atoms with Crippen LogP contribution in [-0.2, 0) is 18.3 Å². The standard InChI is InChI=1S/C11H22N4O/c1-15-9-11(14-10-15)8-13-5-3-4-12-6-7-16-2/h9-10,12-13H,3-8H2,1-2H3. The van der Waals surface area contributed by atoms with E-state index in [1.165, 1.54) is 0 Å². The third kappa shape index (κ3) is 5.85. The zero-order chi connectivity index (χ0) is 11.6. The summed E-state index contributed by atoms with van der Waals surface area (Å²) in [4.78, 5) is 4.24. The molecule has 0 atom stereocenters. The Morgan fingerprint density at radius 1 is 1.31 bits per heavy atom. The summed E-state index contributed by atoms with van der Waals surface area (Å²) in [6.45, 7) is 4.59. The minimum atomic E-state index is 0.779. The van der Waals surface area contributed by atoms with Crippen molar-refractivity contribution < 1.29 is 4.74 Å². The van der Waals surface area contributed by atoms with Crippen LogP contribution < -0.4 is 10.6 Å². The molecule has 0 saturated heterocycles. The summed E-state index contributed by atoms with van der Waals surface area (Å²) in [7, 11) is 3.70. The maximum atomic E-state index is 4.94. The van der Waals surface area contributed by atoms with E-state index in [1.807, 2.05) is 24.1 Å². The molecule has 0 fully saturated rings. The van der Waals surface area contributed by atoms with E-state index in [2.05, 4.69) is 15.6 Å². The van der Waals surface area contributed by atoms with Gasteiger partial charge in [-0.15, -0.1) is 0 Å². The topological polar surface area (TPSA) is 51.1 Å². The lowest BCUT2D eigenvalue weighted by atomic mass is 10.4. The summed E-state index contributed by atoms with van der Waals surface area (Å²) >= 11 is 0. The van der Waals surface area contributed by atoms with Crippen molar-refractivity contribution in [1.29, 1.82) is 0 Å². The molecule has 0 bridgehead atoms. The summed E-state index contributed by atoms with van der Waals surface area (Å²) in [6, 6.07) is 0. The minimum absolute atomic E-state index is 0.779. The van der Waals surface area contributed by atoms with Gasteiger partial charge in [0.15, 0.2) is 0 Å². The van der Waals surface area contributed by atoms with Crippen LogP contribution in [0, 0.1) is 0 Å². The van der Waals surface area contributed by atoms with Gasteiger partial charge in [0.1, 0.15) is 0 Å². The van der Waals surface area contributed by atoms with E-state index in [1.54, 1.807) is 7.11 Å². The van der Waals surface area contributed by atoms with Crippen molar-refractivity contribution in [3.05, 3.63) is 18.2 Å². The van der Waals surface area contributed by atoms with Crippen LogP contribution in [0.2, 0.25) is 0 Å². The Hall–Kier alpha value is -0.910. The third-order valence-electron chi connectivity index (χ3n) is 2.25. The second-order valence-corrected chi connectivity index (χ2v) is 3.80. The second-order valence-electron chi connectivity index (χ2n) is 3.80. The molecule has 1 aromatic rings. The van der Waals surface area contributed by atoms with Gasteiger partial charge in [-0.2, -0.15) is 0 Å². The summed E-state index contributed by atoms with van der Waals surface area (Å²) in [6.07, 6.45) is 4.98. The fourth-order valence-electron chi connectivity index (χ4n) is 1.41. The first kappa shape index (κ1) is 13.2. The maximum absolute atomic E-state index is 4.94. The smallest absolute Gasteiger partial charge is 0.0947 e. The van der Waals surface area contributed by atoms with E-state index < -0.39 is 0 Å². The van der Waals surface area contributed by atoms with Gasteiger partial charge in [0.05, 0.1) is 18.6 Å². The van der Waals surface area contributed by atoms with Crippen LogP contribution in [-0.4, -0.2) is 42.9 Å². The van der Waals surface area contributed by atoms with Gasteiger partial charge < -0.3 is 19.9 Å². The molecular weight excluding hydrogens is 204 g/mol. The van der Waals surface area contributed by atoms with Gasteiger partial charge in [-0.3, -0.25) is 0 Å². The number of aryl methyl sites for hydroxylation is 1. The summed E-state index contributed by atoms with van der Waals surface area (Å²) in [5.74, 6) is 0. The van der Waals surface area contributed by atoms with Gasteiger partial charge in [0, 0.05) is 33.4 Å². The van der Waals surface area contributed by atoms with Crippen molar-refractivity contribution in [2.24, 2.45) is 7.05 Å². The fraction of sp³-hybridized carbons (Fsp3) is 0.727. The second kappa shape index (κ2) is 8.27. The lowest BCUT2D eigenvalue weighted by Crippen LogP contribution is -2.24. The zero-order valence-electron chi connectivity index (χ0n) is 10.2.